The van der Waals surface area contributed by atoms with E-state index in [9.17, 15) is 14.4 Å². The van der Waals surface area contributed by atoms with Gasteiger partial charge in [-0.15, -0.1) is 6.58 Å². The van der Waals surface area contributed by atoms with Crippen molar-refractivity contribution in [2.45, 2.75) is 32.9 Å². The van der Waals surface area contributed by atoms with Gasteiger partial charge in [-0.2, -0.15) is 5.10 Å². The van der Waals surface area contributed by atoms with Crippen LogP contribution in [0.15, 0.2) is 89.7 Å². The molecule has 1 atom stereocenters. The summed E-state index contributed by atoms with van der Waals surface area (Å²) in [6, 6.07) is 17.1. The number of nitrogens with one attached hydrogen (secondary N) is 3. The molecule has 0 aliphatic carbocycles. The van der Waals surface area contributed by atoms with Gasteiger partial charge in [-0.05, 0) is 61.2 Å². The van der Waals surface area contributed by atoms with Crippen LogP contribution in [0, 0.1) is 0 Å². The first-order valence-corrected chi connectivity index (χ1v) is 14.8. The third-order valence-corrected chi connectivity index (χ3v) is 7.01. The number of urea groups is 1. The molecule has 4 rings (SSSR count). The van der Waals surface area contributed by atoms with Crippen LogP contribution < -0.4 is 35.0 Å². The fourth-order valence-corrected chi connectivity index (χ4v) is 4.87. The summed E-state index contributed by atoms with van der Waals surface area (Å²) < 4.78 is 28.1. The Morgan fingerprint density at radius 2 is 1.77 bits per heavy atom. The van der Waals surface area contributed by atoms with Crippen LogP contribution >= 0.6 is 0 Å². The number of hydrogen-bond acceptors (Lipinski definition) is 9. The molecule has 3 N–H and O–H groups in total. The van der Waals surface area contributed by atoms with E-state index in [1.165, 1.54) is 13.3 Å². The molecule has 1 heterocycles. The SMILES string of the molecule is C=CCc1cc(/C=N\NC(=O)COc2ccc([C@@H]3NC(=O)NC(C)=C3C(=O)OCC)cc2OC)cc(OC)c1OCc1ccccc1. The van der Waals surface area contributed by atoms with Gasteiger partial charge in [0.2, 0.25) is 0 Å². The van der Waals surface area contributed by atoms with Crippen LogP contribution in [0.25, 0.3) is 0 Å². The smallest absolute Gasteiger partial charge is 0.338 e. The Bertz CT molecular complexity index is 1670. The lowest BCUT2D eigenvalue weighted by atomic mass is 9.95. The fourth-order valence-electron chi connectivity index (χ4n) is 4.87. The molecule has 12 nitrogen and oxygen atoms in total. The number of benzene rings is 3. The second-order valence-electron chi connectivity index (χ2n) is 10.3. The van der Waals surface area contributed by atoms with E-state index >= 15 is 0 Å². The molecule has 0 saturated heterocycles. The predicted molar refractivity (Wildman–Crippen MR) is 176 cm³/mol. The molecule has 3 aromatic rings. The number of amides is 3. The average molecular weight is 643 g/mol. The summed E-state index contributed by atoms with van der Waals surface area (Å²) in [5, 5.41) is 9.41. The molecular formula is C35H38N4O8. The van der Waals surface area contributed by atoms with E-state index in [0.717, 1.165) is 11.1 Å². The lowest BCUT2D eigenvalue weighted by Crippen LogP contribution is -2.45. The Morgan fingerprint density at radius 1 is 1.00 bits per heavy atom. The zero-order valence-corrected chi connectivity index (χ0v) is 26.8. The number of hydrazone groups is 1. The molecule has 0 spiro atoms. The molecule has 1 aliphatic rings. The van der Waals surface area contributed by atoms with Gasteiger partial charge in [0, 0.05) is 11.3 Å². The predicted octanol–water partition coefficient (Wildman–Crippen LogP) is 4.73. The molecule has 0 radical (unpaired) electrons. The quantitative estimate of drug-likeness (QED) is 0.0934. The van der Waals surface area contributed by atoms with Gasteiger partial charge in [0.25, 0.3) is 5.91 Å². The van der Waals surface area contributed by atoms with Gasteiger partial charge >= 0.3 is 12.0 Å². The van der Waals surface area contributed by atoms with Gasteiger partial charge in [0.05, 0.1) is 38.7 Å². The highest BCUT2D eigenvalue weighted by Crippen LogP contribution is 2.35. The molecule has 12 heteroatoms. The minimum Gasteiger partial charge on any atom is -0.493 e. The maximum absolute atomic E-state index is 12.6. The Balaban J connectivity index is 1.41. The van der Waals surface area contributed by atoms with E-state index in [0.29, 0.717) is 47.1 Å². The van der Waals surface area contributed by atoms with Crippen LogP contribution in [0.3, 0.4) is 0 Å². The van der Waals surface area contributed by atoms with Crippen LogP contribution in [-0.4, -0.2) is 51.6 Å². The molecule has 3 amide bonds. The molecule has 0 unspecified atom stereocenters. The number of rotatable bonds is 15. The summed E-state index contributed by atoms with van der Waals surface area (Å²) in [7, 11) is 3.00. The fraction of sp³-hybridized carbons (Fsp3) is 0.257. The second-order valence-corrected chi connectivity index (χ2v) is 10.3. The zero-order valence-electron chi connectivity index (χ0n) is 26.8. The molecule has 246 valence electrons. The van der Waals surface area contributed by atoms with E-state index in [1.807, 2.05) is 36.4 Å². The van der Waals surface area contributed by atoms with Crippen molar-refractivity contribution in [3.8, 4) is 23.0 Å². The summed E-state index contributed by atoms with van der Waals surface area (Å²) >= 11 is 0. The van der Waals surface area contributed by atoms with E-state index in [4.69, 9.17) is 23.7 Å². The molecule has 0 aromatic heterocycles. The van der Waals surface area contributed by atoms with E-state index in [2.05, 4.69) is 27.7 Å². The van der Waals surface area contributed by atoms with Crippen molar-refractivity contribution in [2.75, 3.05) is 27.4 Å². The second kappa shape index (κ2) is 16.5. The topological polar surface area (TPSA) is 146 Å². The highest BCUT2D eigenvalue weighted by atomic mass is 16.5. The zero-order chi connectivity index (χ0) is 33.8. The van der Waals surface area contributed by atoms with Crippen molar-refractivity contribution in [3.05, 3.63) is 107 Å². The number of esters is 1. The first-order chi connectivity index (χ1) is 22.8. The molecule has 1 aliphatic heterocycles. The lowest BCUT2D eigenvalue weighted by Gasteiger charge is -2.28. The number of nitrogens with zero attached hydrogens (tertiary/aromatic N) is 1. The third-order valence-electron chi connectivity index (χ3n) is 7.01. The van der Waals surface area contributed by atoms with Gasteiger partial charge in [-0.25, -0.2) is 15.0 Å². The van der Waals surface area contributed by atoms with Crippen molar-refractivity contribution in [2.24, 2.45) is 5.10 Å². The van der Waals surface area contributed by atoms with E-state index < -0.39 is 23.9 Å². The Labute approximate surface area is 273 Å². The van der Waals surface area contributed by atoms with Crippen LogP contribution in [0.2, 0.25) is 0 Å². The number of carbonyl (C=O) groups excluding carboxylic acids is 3. The molecule has 47 heavy (non-hydrogen) atoms. The highest BCUT2D eigenvalue weighted by Gasteiger charge is 2.32. The van der Waals surface area contributed by atoms with Gasteiger partial charge < -0.3 is 34.3 Å². The Kier molecular flexibility index (Phi) is 12.0. The first-order valence-electron chi connectivity index (χ1n) is 14.8. The molecule has 0 fully saturated rings. The average Bonchev–Trinajstić information content (AvgIpc) is 3.06. The van der Waals surface area contributed by atoms with Crippen molar-refractivity contribution in [1.82, 2.24) is 16.1 Å². The summed E-state index contributed by atoms with van der Waals surface area (Å²) in [6.07, 6.45) is 3.80. The standard InChI is InChI=1S/C35H38N4O8/c1-6-11-26-16-24(17-29(44-5)33(26)47-20-23-12-9-8-10-13-23)19-36-39-30(40)21-46-27-15-14-25(18-28(27)43-4)32-31(34(41)45-7-2)22(3)37-35(42)38-32/h6,8-10,12-19,32H,1,7,11,20-21H2,2-5H3,(H,39,40)(H2,37,38,42)/b36-19-/t32-/m0/s1. The molecule has 0 saturated carbocycles. The van der Waals surface area contributed by atoms with Crippen molar-refractivity contribution in [1.29, 1.82) is 0 Å². The van der Waals surface area contributed by atoms with Gasteiger partial charge in [-0.3, -0.25) is 4.79 Å². The van der Waals surface area contributed by atoms with Crippen LogP contribution in [-0.2, 0) is 27.4 Å². The first kappa shape index (κ1) is 34.1. The number of methoxy groups -OCH3 is 2. The van der Waals surface area contributed by atoms with Crippen LogP contribution in [0.1, 0.15) is 42.1 Å². The van der Waals surface area contributed by atoms with Crippen LogP contribution in [0.4, 0.5) is 4.79 Å². The van der Waals surface area contributed by atoms with Gasteiger partial charge in [0.1, 0.15) is 6.61 Å². The summed E-state index contributed by atoms with van der Waals surface area (Å²) in [6.45, 7) is 7.37. The number of allylic oxidation sites excluding steroid dienone is 2. The highest BCUT2D eigenvalue weighted by molar-refractivity contribution is 5.95. The third kappa shape index (κ3) is 8.91. The number of carbonyl (C=O) groups is 3. The maximum atomic E-state index is 12.6. The van der Waals surface area contributed by atoms with Crippen molar-refractivity contribution in [3.63, 3.8) is 0 Å². The summed E-state index contributed by atoms with van der Waals surface area (Å²) in [5.41, 5.74) is 6.22. The maximum Gasteiger partial charge on any atom is 0.338 e. The Morgan fingerprint density at radius 3 is 2.47 bits per heavy atom. The largest absolute Gasteiger partial charge is 0.493 e. The van der Waals surface area contributed by atoms with Gasteiger partial charge in [-0.1, -0.05) is 42.5 Å². The van der Waals surface area contributed by atoms with Gasteiger partial charge in [0.15, 0.2) is 29.6 Å². The molecule has 3 aromatic carbocycles. The Hall–Kier alpha value is -5.78. The van der Waals surface area contributed by atoms with Crippen molar-refractivity contribution >= 4 is 24.1 Å². The van der Waals surface area contributed by atoms with Crippen molar-refractivity contribution < 1.29 is 38.1 Å². The van der Waals surface area contributed by atoms with Crippen LogP contribution in [0.5, 0.6) is 23.0 Å². The van der Waals surface area contributed by atoms with E-state index in [-0.39, 0.29) is 24.5 Å². The normalized spacial score (nSPS) is 14.1. The number of ether oxygens (including phenoxy) is 5. The minimum absolute atomic E-state index is 0.180. The minimum atomic E-state index is -0.779. The summed E-state index contributed by atoms with van der Waals surface area (Å²) in [4.78, 5) is 37.4. The number of hydrogen-bond donors (Lipinski definition) is 3. The van der Waals surface area contributed by atoms with E-state index in [1.54, 1.807) is 51.3 Å². The lowest BCUT2D eigenvalue weighted by molar-refractivity contribution is -0.139. The monoisotopic (exact) mass is 642 g/mol. The summed E-state index contributed by atoms with van der Waals surface area (Å²) in [5.74, 6) is 0.638. The molecule has 0 bridgehead atoms. The molecular weight excluding hydrogens is 604 g/mol.